The highest BCUT2D eigenvalue weighted by Crippen LogP contribution is 2.27. The highest BCUT2D eigenvalue weighted by atomic mass is 16.5. The lowest BCUT2D eigenvalue weighted by molar-refractivity contribution is -0.150. The first kappa shape index (κ1) is 21.8. The number of carboxylic acids is 1. The van der Waals surface area contributed by atoms with Gasteiger partial charge in [0.05, 0.1) is 11.6 Å². The van der Waals surface area contributed by atoms with E-state index in [9.17, 15) is 20.0 Å². The van der Waals surface area contributed by atoms with E-state index in [0.717, 1.165) is 27.8 Å². The number of benzene rings is 2. The van der Waals surface area contributed by atoms with Crippen molar-refractivity contribution in [1.29, 1.82) is 5.26 Å². The number of rotatable bonds is 5. The molecule has 0 spiro atoms. The lowest BCUT2D eigenvalue weighted by atomic mass is 9.98. The maximum atomic E-state index is 11.8. The fraction of sp³-hybridized carbons (Fsp3) is 0.375. The summed E-state index contributed by atoms with van der Waals surface area (Å²) in [6, 6.07) is 13.8. The molecule has 0 saturated carbocycles. The van der Waals surface area contributed by atoms with Gasteiger partial charge in [-0.05, 0) is 47.7 Å². The van der Waals surface area contributed by atoms with E-state index >= 15 is 0 Å². The average molecular weight is 435 g/mol. The van der Waals surface area contributed by atoms with E-state index < -0.39 is 18.1 Å². The van der Waals surface area contributed by atoms with Crippen LogP contribution in [-0.4, -0.2) is 52.4 Å². The molecule has 1 aliphatic heterocycles. The lowest BCUT2D eigenvalue weighted by Gasteiger charge is -2.26. The van der Waals surface area contributed by atoms with Crippen LogP contribution in [0.5, 0.6) is 0 Å². The number of oxazole rings is 1. The first-order chi connectivity index (χ1) is 15.4. The summed E-state index contributed by atoms with van der Waals surface area (Å²) in [7, 11) is 1.69. The van der Waals surface area contributed by atoms with Gasteiger partial charge in [0.25, 0.3) is 0 Å². The summed E-state index contributed by atoms with van der Waals surface area (Å²) in [6.07, 6.45) is 0.282. The molecule has 1 aromatic heterocycles. The summed E-state index contributed by atoms with van der Waals surface area (Å²) in [5.74, 6) is -1.39. The van der Waals surface area contributed by atoms with Gasteiger partial charge in [-0.3, -0.25) is 9.47 Å². The predicted molar refractivity (Wildman–Crippen MR) is 118 cm³/mol. The van der Waals surface area contributed by atoms with Gasteiger partial charge in [0, 0.05) is 33.2 Å². The van der Waals surface area contributed by atoms with E-state index in [1.165, 1.54) is 4.57 Å². The molecule has 2 atom stereocenters. The fourth-order valence-corrected chi connectivity index (χ4v) is 4.15. The van der Waals surface area contributed by atoms with Crippen molar-refractivity contribution < 1.29 is 19.1 Å². The zero-order valence-corrected chi connectivity index (χ0v) is 18.1. The van der Waals surface area contributed by atoms with Gasteiger partial charge >= 0.3 is 11.7 Å². The van der Waals surface area contributed by atoms with Crippen LogP contribution >= 0.6 is 0 Å². The minimum atomic E-state index is -1.000. The molecule has 0 unspecified atom stereocenters. The van der Waals surface area contributed by atoms with Crippen molar-refractivity contribution in [2.24, 2.45) is 7.05 Å². The molecule has 1 saturated heterocycles. The predicted octanol–water partition coefficient (Wildman–Crippen LogP) is 2.72. The van der Waals surface area contributed by atoms with Gasteiger partial charge in [-0.25, -0.2) is 9.59 Å². The van der Waals surface area contributed by atoms with Crippen molar-refractivity contribution in [2.75, 3.05) is 19.7 Å². The Kier molecular flexibility index (Phi) is 6.12. The molecule has 1 N–H and O–H groups in total. The summed E-state index contributed by atoms with van der Waals surface area (Å²) >= 11 is 0. The summed E-state index contributed by atoms with van der Waals surface area (Å²) in [4.78, 5) is 25.1. The molecule has 166 valence electrons. The number of carboxylic acid groups (broad SMARTS) is 1. The normalized spacial score (nSPS) is 18.2. The Balaban J connectivity index is 1.54. The maximum absolute atomic E-state index is 11.8. The second-order valence-corrected chi connectivity index (χ2v) is 8.16. The van der Waals surface area contributed by atoms with Crippen LogP contribution in [0.2, 0.25) is 0 Å². The van der Waals surface area contributed by atoms with E-state index in [4.69, 9.17) is 9.15 Å². The highest BCUT2D eigenvalue weighted by Gasteiger charge is 2.29. The molecule has 4 rings (SSSR count). The molecular formula is C24H25N3O5. The Morgan fingerprint density at radius 2 is 2.03 bits per heavy atom. The number of nitriles is 1. The number of hydrogen-bond acceptors (Lipinski definition) is 6. The minimum Gasteiger partial charge on any atom is -0.479 e. The van der Waals surface area contributed by atoms with Gasteiger partial charge in [-0.1, -0.05) is 24.3 Å². The highest BCUT2D eigenvalue weighted by molar-refractivity contribution is 5.83. The monoisotopic (exact) mass is 435 g/mol. The number of ether oxygens (including phenoxy) is 1. The van der Waals surface area contributed by atoms with Gasteiger partial charge < -0.3 is 14.3 Å². The molecule has 1 fully saturated rings. The molecular weight excluding hydrogens is 410 g/mol. The number of hydrogen-bond donors (Lipinski definition) is 1. The zero-order valence-electron chi connectivity index (χ0n) is 18.1. The second kappa shape index (κ2) is 8.99. The molecule has 3 aromatic rings. The smallest absolute Gasteiger partial charge is 0.419 e. The van der Waals surface area contributed by atoms with Crippen LogP contribution in [0.15, 0.2) is 45.6 Å². The second-order valence-electron chi connectivity index (χ2n) is 8.16. The third kappa shape index (κ3) is 4.31. The molecule has 0 amide bonds. The molecule has 8 heteroatoms. The SMILES string of the molecule is Cc1cc(-c2ccc(C[C@@H](C#N)N3CCCO[C@H](C(=O)O)C3)cc2)cc2c1oc(=O)n2C. The van der Waals surface area contributed by atoms with E-state index in [1.807, 2.05) is 48.2 Å². The van der Waals surface area contributed by atoms with Crippen molar-refractivity contribution in [1.82, 2.24) is 9.47 Å². The third-order valence-electron chi connectivity index (χ3n) is 5.97. The molecule has 32 heavy (non-hydrogen) atoms. The van der Waals surface area contributed by atoms with Crippen LogP contribution in [-0.2, 0) is 23.0 Å². The number of aliphatic carboxylic acids is 1. The van der Waals surface area contributed by atoms with Crippen LogP contribution < -0.4 is 5.76 Å². The van der Waals surface area contributed by atoms with Crippen molar-refractivity contribution in [2.45, 2.75) is 31.9 Å². The Hall–Kier alpha value is -3.41. The Labute approximate surface area is 185 Å². The zero-order chi connectivity index (χ0) is 22.8. The molecule has 2 aromatic carbocycles. The Morgan fingerprint density at radius 1 is 1.28 bits per heavy atom. The first-order valence-electron chi connectivity index (χ1n) is 10.5. The van der Waals surface area contributed by atoms with E-state index in [0.29, 0.717) is 31.6 Å². The molecule has 8 nitrogen and oxygen atoms in total. The Morgan fingerprint density at radius 3 is 2.72 bits per heavy atom. The molecule has 0 radical (unpaired) electrons. The van der Waals surface area contributed by atoms with Crippen LogP contribution in [0.4, 0.5) is 0 Å². The summed E-state index contributed by atoms with van der Waals surface area (Å²) in [5.41, 5.74) is 5.19. The van der Waals surface area contributed by atoms with Gasteiger partial charge in [-0.2, -0.15) is 5.26 Å². The summed E-state index contributed by atoms with van der Waals surface area (Å²) < 4.78 is 12.2. The summed E-state index contributed by atoms with van der Waals surface area (Å²) in [5, 5.41) is 19.0. The number of fused-ring (bicyclic) bond motifs is 1. The first-order valence-corrected chi connectivity index (χ1v) is 10.5. The number of carbonyl (C=O) groups is 1. The van der Waals surface area contributed by atoms with E-state index in [-0.39, 0.29) is 12.3 Å². The number of aromatic nitrogens is 1. The van der Waals surface area contributed by atoms with Crippen LogP contribution in [0.1, 0.15) is 17.5 Å². The standard InChI is InChI=1S/C24H25N3O5/c1-15-10-18(12-20-22(15)32-24(30)26(20)2)17-6-4-16(5-7-17)11-19(13-25)27-8-3-9-31-21(14-27)23(28)29/h4-7,10,12,19,21H,3,8-9,11,14H2,1-2H3,(H,28,29)/t19-,21-/m0/s1. The third-order valence-corrected chi connectivity index (χ3v) is 5.97. The van der Waals surface area contributed by atoms with E-state index in [2.05, 4.69) is 6.07 Å². The van der Waals surface area contributed by atoms with Crippen molar-refractivity contribution in [3.05, 3.63) is 58.1 Å². The molecule has 1 aliphatic rings. The van der Waals surface area contributed by atoms with Gasteiger partial charge in [0.1, 0.15) is 6.04 Å². The van der Waals surface area contributed by atoms with Crippen molar-refractivity contribution >= 4 is 17.1 Å². The topological polar surface area (TPSA) is 109 Å². The fourth-order valence-electron chi connectivity index (χ4n) is 4.15. The molecule has 0 aliphatic carbocycles. The largest absolute Gasteiger partial charge is 0.479 e. The van der Waals surface area contributed by atoms with Gasteiger partial charge in [0.2, 0.25) is 0 Å². The van der Waals surface area contributed by atoms with Crippen LogP contribution in [0.3, 0.4) is 0 Å². The lowest BCUT2D eigenvalue weighted by Crippen LogP contribution is -2.42. The van der Waals surface area contributed by atoms with E-state index in [1.54, 1.807) is 7.05 Å². The van der Waals surface area contributed by atoms with Crippen molar-refractivity contribution in [3.8, 4) is 17.2 Å². The maximum Gasteiger partial charge on any atom is 0.419 e. The summed E-state index contributed by atoms with van der Waals surface area (Å²) in [6.45, 7) is 3.12. The minimum absolute atomic E-state index is 0.203. The number of nitrogens with zero attached hydrogens (tertiary/aromatic N) is 3. The van der Waals surface area contributed by atoms with Crippen molar-refractivity contribution in [3.63, 3.8) is 0 Å². The van der Waals surface area contributed by atoms with Gasteiger partial charge in [-0.15, -0.1) is 0 Å². The molecule has 0 bridgehead atoms. The number of aryl methyl sites for hydroxylation is 2. The average Bonchev–Trinajstić information content (AvgIpc) is 2.96. The van der Waals surface area contributed by atoms with Crippen LogP contribution in [0.25, 0.3) is 22.2 Å². The molecule has 2 heterocycles. The Bertz CT molecular complexity index is 1240. The quantitative estimate of drug-likeness (QED) is 0.656. The van der Waals surface area contributed by atoms with Crippen LogP contribution in [0, 0.1) is 18.3 Å². The van der Waals surface area contributed by atoms with Gasteiger partial charge in [0.15, 0.2) is 11.7 Å².